The van der Waals surface area contributed by atoms with Gasteiger partial charge in [-0.05, 0) is 25.0 Å². The summed E-state index contributed by atoms with van der Waals surface area (Å²) in [5.41, 5.74) is 2.53. The van der Waals surface area contributed by atoms with Crippen LogP contribution in [0.4, 0.5) is 0 Å². The van der Waals surface area contributed by atoms with Gasteiger partial charge >= 0.3 is 5.97 Å². The highest BCUT2D eigenvalue weighted by Gasteiger charge is 2.41. The van der Waals surface area contributed by atoms with E-state index in [9.17, 15) is 4.79 Å². The summed E-state index contributed by atoms with van der Waals surface area (Å²) in [6, 6.07) is 6.88. The largest absolute Gasteiger partial charge is 0.478 e. The summed E-state index contributed by atoms with van der Waals surface area (Å²) in [6.07, 6.45) is 2.44. The molecule has 0 amide bonds. The molecule has 3 rings (SSSR count). The summed E-state index contributed by atoms with van der Waals surface area (Å²) in [7, 11) is 0. The lowest BCUT2D eigenvalue weighted by Gasteiger charge is -2.01. The molecule has 0 spiro atoms. The van der Waals surface area contributed by atoms with Crippen LogP contribution in [-0.4, -0.2) is 16.1 Å². The van der Waals surface area contributed by atoms with Crippen molar-refractivity contribution < 1.29 is 9.90 Å². The Morgan fingerprint density at radius 1 is 1.33 bits per heavy atom. The molecule has 1 aromatic heterocycles. The van der Waals surface area contributed by atoms with E-state index < -0.39 is 5.97 Å². The second-order valence-electron chi connectivity index (χ2n) is 4.98. The van der Waals surface area contributed by atoms with Gasteiger partial charge in [0.2, 0.25) is 0 Å². The van der Waals surface area contributed by atoms with Crippen molar-refractivity contribution in [2.45, 2.75) is 25.2 Å². The van der Waals surface area contributed by atoms with Crippen LogP contribution in [0.1, 0.15) is 35.1 Å². The van der Waals surface area contributed by atoms with Crippen LogP contribution >= 0.6 is 11.3 Å². The summed E-state index contributed by atoms with van der Waals surface area (Å²) in [4.78, 5) is 15.4. The number of carbonyl (C=O) groups is 1. The maximum atomic E-state index is 10.8. The van der Waals surface area contributed by atoms with Crippen molar-refractivity contribution in [2.75, 3.05) is 0 Å². The third-order valence-corrected chi connectivity index (χ3v) is 4.60. The average molecular weight is 259 g/mol. The van der Waals surface area contributed by atoms with E-state index in [4.69, 9.17) is 5.11 Å². The number of aromatic carboxylic acids is 1. The molecule has 0 unspecified atom stereocenters. The molecule has 0 radical (unpaired) electrons. The van der Waals surface area contributed by atoms with E-state index in [1.54, 1.807) is 23.5 Å². The van der Waals surface area contributed by atoms with E-state index in [0.29, 0.717) is 11.0 Å². The van der Waals surface area contributed by atoms with Crippen LogP contribution in [0, 0.1) is 0 Å². The van der Waals surface area contributed by atoms with E-state index in [2.05, 4.69) is 17.3 Å². The zero-order valence-electron chi connectivity index (χ0n) is 10.0. The standard InChI is InChI=1S/C14H13NO2S/c1-14(6-7-14)13-15-11(8-18-13)9-2-4-10(5-3-9)12(16)17/h2-5,8H,6-7H2,1H3,(H,16,17). The van der Waals surface area contributed by atoms with Crippen LogP contribution in [0.5, 0.6) is 0 Å². The lowest BCUT2D eigenvalue weighted by molar-refractivity contribution is 0.0697. The Kier molecular flexibility index (Phi) is 2.48. The van der Waals surface area contributed by atoms with Gasteiger partial charge in [0.15, 0.2) is 0 Å². The minimum atomic E-state index is -0.897. The van der Waals surface area contributed by atoms with Gasteiger partial charge < -0.3 is 5.11 Å². The zero-order chi connectivity index (χ0) is 12.8. The molecule has 1 fully saturated rings. The summed E-state index contributed by atoms with van der Waals surface area (Å²) in [6.45, 7) is 2.24. The van der Waals surface area contributed by atoms with Crippen molar-refractivity contribution in [1.82, 2.24) is 4.98 Å². The molecule has 0 saturated heterocycles. The van der Waals surface area contributed by atoms with Crippen molar-refractivity contribution in [2.24, 2.45) is 0 Å². The van der Waals surface area contributed by atoms with E-state index in [0.717, 1.165) is 11.3 Å². The molecule has 1 aliphatic rings. The second-order valence-corrected chi connectivity index (χ2v) is 5.84. The number of rotatable bonds is 3. The molecule has 1 aliphatic carbocycles. The highest BCUT2D eigenvalue weighted by atomic mass is 32.1. The SMILES string of the molecule is CC1(c2nc(-c3ccc(C(=O)O)cc3)cs2)CC1. The Bertz CT molecular complexity index is 597. The highest BCUT2D eigenvalue weighted by molar-refractivity contribution is 7.10. The molecule has 0 bridgehead atoms. The van der Waals surface area contributed by atoms with E-state index in [1.165, 1.54) is 17.8 Å². The number of thiazole rings is 1. The number of carboxylic acid groups (broad SMARTS) is 1. The van der Waals surface area contributed by atoms with Gasteiger partial charge in [-0.15, -0.1) is 11.3 Å². The fraction of sp³-hybridized carbons (Fsp3) is 0.286. The summed E-state index contributed by atoms with van der Waals surface area (Å²) < 4.78 is 0. The van der Waals surface area contributed by atoms with Crippen LogP contribution in [0.15, 0.2) is 29.6 Å². The lowest BCUT2D eigenvalue weighted by Crippen LogP contribution is -1.98. The first kappa shape index (κ1) is 11.4. The van der Waals surface area contributed by atoms with Crippen LogP contribution in [-0.2, 0) is 5.41 Å². The first-order valence-electron chi connectivity index (χ1n) is 5.88. The number of carboxylic acids is 1. The van der Waals surface area contributed by atoms with Crippen molar-refractivity contribution in [1.29, 1.82) is 0 Å². The molecule has 0 aliphatic heterocycles. The van der Waals surface area contributed by atoms with Crippen molar-refractivity contribution in [3.63, 3.8) is 0 Å². The minimum Gasteiger partial charge on any atom is -0.478 e. The summed E-state index contributed by atoms with van der Waals surface area (Å²) in [5, 5.41) is 12.1. The Labute approximate surface area is 109 Å². The Balaban J connectivity index is 1.90. The molecule has 2 aromatic rings. The fourth-order valence-corrected chi connectivity index (χ4v) is 2.92. The normalized spacial score (nSPS) is 16.5. The van der Waals surface area contributed by atoms with Crippen molar-refractivity contribution in [3.05, 3.63) is 40.2 Å². The molecule has 1 heterocycles. The molecule has 4 heteroatoms. The second kappa shape index (κ2) is 3.92. The van der Waals surface area contributed by atoms with Crippen molar-refractivity contribution >= 4 is 17.3 Å². The van der Waals surface area contributed by atoms with Crippen LogP contribution in [0.25, 0.3) is 11.3 Å². The molecule has 92 valence electrons. The first-order valence-corrected chi connectivity index (χ1v) is 6.76. The van der Waals surface area contributed by atoms with Crippen molar-refractivity contribution in [3.8, 4) is 11.3 Å². The molecule has 1 N–H and O–H groups in total. The fourth-order valence-electron chi connectivity index (χ4n) is 1.87. The monoisotopic (exact) mass is 259 g/mol. The summed E-state index contributed by atoms with van der Waals surface area (Å²) >= 11 is 1.70. The third kappa shape index (κ3) is 1.93. The van der Waals surface area contributed by atoms with Gasteiger partial charge in [-0.25, -0.2) is 9.78 Å². The van der Waals surface area contributed by atoms with Crippen LogP contribution in [0.2, 0.25) is 0 Å². The van der Waals surface area contributed by atoms with Crippen LogP contribution in [0.3, 0.4) is 0 Å². The predicted octanol–water partition coefficient (Wildman–Crippen LogP) is 3.56. The number of aromatic nitrogens is 1. The van der Waals surface area contributed by atoms with Gasteiger partial charge in [-0.2, -0.15) is 0 Å². The van der Waals surface area contributed by atoms with E-state index >= 15 is 0 Å². The Hall–Kier alpha value is -1.68. The third-order valence-electron chi connectivity index (χ3n) is 3.45. The summed E-state index contributed by atoms with van der Waals surface area (Å²) in [5.74, 6) is -0.897. The molecular weight excluding hydrogens is 246 g/mol. The number of benzene rings is 1. The topological polar surface area (TPSA) is 50.2 Å². The number of hydrogen-bond acceptors (Lipinski definition) is 3. The van der Waals surface area contributed by atoms with Gasteiger partial charge in [0, 0.05) is 16.4 Å². The Morgan fingerprint density at radius 3 is 2.56 bits per heavy atom. The zero-order valence-corrected chi connectivity index (χ0v) is 10.8. The predicted molar refractivity (Wildman–Crippen MR) is 71.1 cm³/mol. The highest BCUT2D eigenvalue weighted by Crippen LogP contribution is 2.49. The van der Waals surface area contributed by atoms with Gasteiger partial charge in [0.25, 0.3) is 0 Å². The van der Waals surface area contributed by atoms with E-state index in [-0.39, 0.29) is 0 Å². The molecule has 18 heavy (non-hydrogen) atoms. The van der Waals surface area contributed by atoms with Gasteiger partial charge in [0.05, 0.1) is 16.3 Å². The Morgan fingerprint density at radius 2 is 2.00 bits per heavy atom. The van der Waals surface area contributed by atoms with E-state index in [1.807, 2.05) is 12.1 Å². The molecule has 3 nitrogen and oxygen atoms in total. The number of hydrogen-bond donors (Lipinski definition) is 1. The molecule has 1 aromatic carbocycles. The minimum absolute atomic E-state index is 0.296. The van der Waals surface area contributed by atoms with Gasteiger partial charge in [0.1, 0.15) is 0 Å². The molecular formula is C14H13NO2S. The molecule has 0 atom stereocenters. The van der Waals surface area contributed by atoms with Gasteiger partial charge in [-0.1, -0.05) is 19.1 Å². The van der Waals surface area contributed by atoms with Crippen LogP contribution < -0.4 is 0 Å². The lowest BCUT2D eigenvalue weighted by atomic mass is 10.1. The van der Waals surface area contributed by atoms with Gasteiger partial charge in [-0.3, -0.25) is 0 Å². The smallest absolute Gasteiger partial charge is 0.335 e. The maximum Gasteiger partial charge on any atom is 0.335 e. The molecule has 1 saturated carbocycles. The average Bonchev–Trinajstić information content (AvgIpc) is 2.94. The maximum absolute atomic E-state index is 10.8. The quantitative estimate of drug-likeness (QED) is 0.916. The first-order chi connectivity index (χ1) is 8.58. The number of nitrogens with zero attached hydrogens (tertiary/aromatic N) is 1.